The Morgan fingerprint density at radius 2 is 2.24 bits per heavy atom. The first-order chi connectivity index (χ1) is 8.13. The molecule has 0 saturated heterocycles. The van der Waals surface area contributed by atoms with E-state index in [1.807, 2.05) is 31.3 Å². The molecule has 1 heterocycles. The van der Waals surface area contributed by atoms with E-state index in [1.54, 1.807) is 4.68 Å². The number of nitrogens with two attached hydrogens (primary N) is 1. The first-order valence-corrected chi connectivity index (χ1v) is 5.37. The van der Waals surface area contributed by atoms with E-state index < -0.39 is 12.0 Å². The summed E-state index contributed by atoms with van der Waals surface area (Å²) in [6.07, 6.45) is 0.383. The Labute approximate surface area is 99.2 Å². The predicted molar refractivity (Wildman–Crippen MR) is 64.4 cm³/mol. The van der Waals surface area contributed by atoms with Crippen molar-refractivity contribution < 1.29 is 9.53 Å². The van der Waals surface area contributed by atoms with Gasteiger partial charge in [-0.1, -0.05) is 18.2 Å². The minimum atomic E-state index is -0.668. The Kier molecular flexibility index (Phi) is 3.10. The van der Waals surface area contributed by atoms with E-state index in [9.17, 15) is 4.79 Å². The smallest absolute Gasteiger partial charge is 0.323 e. The van der Waals surface area contributed by atoms with Gasteiger partial charge in [0.1, 0.15) is 6.04 Å². The van der Waals surface area contributed by atoms with Crippen LogP contribution in [-0.2, 0) is 23.0 Å². The minimum Gasteiger partial charge on any atom is -0.468 e. The fraction of sp³-hybridized carbons (Fsp3) is 0.333. The highest BCUT2D eigenvalue weighted by Gasteiger charge is 2.18. The van der Waals surface area contributed by atoms with Gasteiger partial charge in [-0.2, -0.15) is 5.10 Å². The van der Waals surface area contributed by atoms with E-state index in [1.165, 1.54) is 7.11 Å². The summed E-state index contributed by atoms with van der Waals surface area (Å²) < 4.78 is 6.39. The molecule has 1 aromatic carbocycles. The van der Waals surface area contributed by atoms with Gasteiger partial charge >= 0.3 is 5.97 Å². The number of aryl methyl sites for hydroxylation is 1. The van der Waals surface area contributed by atoms with E-state index in [0.29, 0.717) is 6.42 Å². The number of hydrogen-bond donors (Lipinski definition) is 1. The van der Waals surface area contributed by atoms with Crippen molar-refractivity contribution in [1.29, 1.82) is 0 Å². The van der Waals surface area contributed by atoms with Crippen molar-refractivity contribution in [3.05, 3.63) is 30.0 Å². The van der Waals surface area contributed by atoms with Crippen LogP contribution in [0.25, 0.3) is 10.9 Å². The van der Waals surface area contributed by atoms with Gasteiger partial charge in [0.25, 0.3) is 0 Å². The average molecular weight is 233 g/mol. The number of esters is 1. The SMILES string of the molecule is COC(=O)C(N)Cc1nn(C)c2ccccc12. The molecule has 1 atom stereocenters. The van der Waals surface area contributed by atoms with Gasteiger partial charge < -0.3 is 10.5 Å². The molecule has 2 aromatic rings. The van der Waals surface area contributed by atoms with Gasteiger partial charge in [-0.05, 0) is 6.07 Å². The number of carbonyl (C=O) groups is 1. The lowest BCUT2D eigenvalue weighted by atomic mass is 10.1. The summed E-state index contributed by atoms with van der Waals surface area (Å²) in [4.78, 5) is 11.3. The van der Waals surface area contributed by atoms with E-state index in [-0.39, 0.29) is 0 Å². The van der Waals surface area contributed by atoms with Crippen LogP contribution in [0.5, 0.6) is 0 Å². The lowest BCUT2D eigenvalue weighted by Gasteiger charge is -2.06. The molecule has 2 N–H and O–H groups in total. The summed E-state index contributed by atoms with van der Waals surface area (Å²) in [5.74, 6) is -0.417. The van der Waals surface area contributed by atoms with Gasteiger partial charge in [0.2, 0.25) is 0 Å². The summed E-state index contributed by atoms with van der Waals surface area (Å²) in [6.45, 7) is 0. The maximum atomic E-state index is 11.3. The lowest BCUT2D eigenvalue weighted by Crippen LogP contribution is -2.33. The third-order valence-electron chi connectivity index (χ3n) is 2.75. The number of fused-ring (bicyclic) bond motifs is 1. The van der Waals surface area contributed by atoms with Crippen LogP contribution in [0.3, 0.4) is 0 Å². The Bertz CT molecular complexity index is 548. The second-order valence-corrected chi connectivity index (χ2v) is 3.92. The van der Waals surface area contributed by atoms with Crippen LogP contribution in [0.2, 0.25) is 0 Å². The third-order valence-corrected chi connectivity index (χ3v) is 2.75. The number of benzene rings is 1. The van der Waals surface area contributed by atoms with Crippen LogP contribution in [-0.4, -0.2) is 28.9 Å². The van der Waals surface area contributed by atoms with Gasteiger partial charge in [0, 0.05) is 18.9 Å². The molecule has 0 aliphatic heterocycles. The van der Waals surface area contributed by atoms with Crippen molar-refractivity contribution in [2.45, 2.75) is 12.5 Å². The average Bonchev–Trinajstić information content (AvgIpc) is 2.66. The zero-order valence-corrected chi connectivity index (χ0v) is 9.88. The number of methoxy groups -OCH3 is 1. The fourth-order valence-corrected chi connectivity index (χ4v) is 1.88. The fourth-order valence-electron chi connectivity index (χ4n) is 1.88. The quantitative estimate of drug-likeness (QED) is 0.789. The Morgan fingerprint density at radius 3 is 2.94 bits per heavy atom. The summed E-state index contributed by atoms with van der Waals surface area (Å²) in [5.41, 5.74) is 7.58. The molecule has 0 fully saturated rings. The van der Waals surface area contributed by atoms with E-state index in [0.717, 1.165) is 16.6 Å². The number of nitrogens with zero attached hydrogens (tertiary/aromatic N) is 2. The normalized spacial score (nSPS) is 12.6. The number of para-hydroxylation sites is 1. The van der Waals surface area contributed by atoms with Crippen LogP contribution >= 0.6 is 0 Å². The molecule has 5 nitrogen and oxygen atoms in total. The van der Waals surface area contributed by atoms with Crippen molar-refractivity contribution in [3.63, 3.8) is 0 Å². The van der Waals surface area contributed by atoms with E-state index in [4.69, 9.17) is 5.73 Å². The van der Waals surface area contributed by atoms with E-state index >= 15 is 0 Å². The maximum Gasteiger partial charge on any atom is 0.323 e. The van der Waals surface area contributed by atoms with Crippen LogP contribution in [0.15, 0.2) is 24.3 Å². The molecule has 17 heavy (non-hydrogen) atoms. The largest absolute Gasteiger partial charge is 0.468 e. The number of carbonyl (C=O) groups excluding carboxylic acids is 1. The standard InChI is InChI=1S/C12H15N3O2/c1-15-11-6-4-3-5-8(11)10(14-15)7-9(13)12(16)17-2/h3-6,9H,7,13H2,1-2H3. The number of rotatable bonds is 3. The van der Waals surface area contributed by atoms with Crippen LogP contribution < -0.4 is 5.73 Å². The molecular formula is C12H15N3O2. The number of aromatic nitrogens is 2. The monoisotopic (exact) mass is 233 g/mol. The molecule has 2 rings (SSSR count). The molecule has 0 aliphatic carbocycles. The highest BCUT2D eigenvalue weighted by molar-refractivity contribution is 5.83. The van der Waals surface area contributed by atoms with Gasteiger partial charge in [0.15, 0.2) is 0 Å². The Balaban J connectivity index is 2.33. The zero-order chi connectivity index (χ0) is 12.4. The van der Waals surface area contributed by atoms with Crippen LogP contribution in [0.4, 0.5) is 0 Å². The molecule has 1 aromatic heterocycles. The molecule has 0 spiro atoms. The third kappa shape index (κ3) is 2.14. The second kappa shape index (κ2) is 4.55. The lowest BCUT2D eigenvalue weighted by molar-refractivity contribution is -0.142. The molecule has 0 saturated carbocycles. The van der Waals surface area contributed by atoms with Crippen LogP contribution in [0.1, 0.15) is 5.69 Å². The van der Waals surface area contributed by atoms with Gasteiger partial charge in [-0.15, -0.1) is 0 Å². The summed E-state index contributed by atoms with van der Waals surface area (Å²) in [6, 6.07) is 7.18. The Morgan fingerprint density at radius 1 is 1.53 bits per heavy atom. The molecule has 1 unspecified atom stereocenters. The molecule has 90 valence electrons. The summed E-state index contributed by atoms with van der Waals surface area (Å²) >= 11 is 0. The van der Waals surface area contributed by atoms with Crippen molar-refractivity contribution >= 4 is 16.9 Å². The molecule has 5 heteroatoms. The maximum absolute atomic E-state index is 11.3. The van der Waals surface area contributed by atoms with Crippen LogP contribution in [0, 0.1) is 0 Å². The topological polar surface area (TPSA) is 70.1 Å². The first kappa shape index (κ1) is 11.6. The van der Waals surface area contributed by atoms with Gasteiger partial charge in [0.05, 0.1) is 18.3 Å². The molecule has 0 amide bonds. The van der Waals surface area contributed by atoms with Crippen molar-refractivity contribution in [2.24, 2.45) is 12.8 Å². The summed E-state index contributed by atoms with van der Waals surface area (Å²) in [7, 11) is 3.20. The Hall–Kier alpha value is -1.88. The molecule has 0 aliphatic rings. The van der Waals surface area contributed by atoms with Crippen molar-refractivity contribution in [1.82, 2.24) is 9.78 Å². The van der Waals surface area contributed by atoms with Gasteiger partial charge in [-0.3, -0.25) is 9.48 Å². The predicted octanol–water partition coefficient (Wildman–Crippen LogP) is 0.616. The van der Waals surface area contributed by atoms with Crippen molar-refractivity contribution in [2.75, 3.05) is 7.11 Å². The first-order valence-electron chi connectivity index (χ1n) is 5.37. The molecule has 0 radical (unpaired) electrons. The summed E-state index contributed by atoms with van der Waals surface area (Å²) in [5, 5.41) is 5.40. The number of hydrogen-bond acceptors (Lipinski definition) is 4. The molecule has 0 bridgehead atoms. The number of ether oxygens (including phenoxy) is 1. The van der Waals surface area contributed by atoms with Crippen molar-refractivity contribution in [3.8, 4) is 0 Å². The van der Waals surface area contributed by atoms with Gasteiger partial charge in [-0.25, -0.2) is 0 Å². The minimum absolute atomic E-state index is 0.383. The molecular weight excluding hydrogens is 218 g/mol. The highest BCUT2D eigenvalue weighted by atomic mass is 16.5. The zero-order valence-electron chi connectivity index (χ0n) is 9.88. The highest BCUT2D eigenvalue weighted by Crippen LogP contribution is 2.18. The van der Waals surface area contributed by atoms with E-state index in [2.05, 4.69) is 9.84 Å². The second-order valence-electron chi connectivity index (χ2n) is 3.92.